The first-order valence-electron chi connectivity index (χ1n) is 7.16. The minimum Gasteiger partial charge on any atom is -0.391 e. The molecule has 2 atom stereocenters. The van der Waals surface area contributed by atoms with Crippen molar-refractivity contribution in [2.75, 3.05) is 31.7 Å². The zero-order chi connectivity index (χ0) is 14.5. The van der Waals surface area contributed by atoms with Gasteiger partial charge in [0.1, 0.15) is 0 Å². The first-order valence-corrected chi connectivity index (χ1v) is 7.16. The van der Waals surface area contributed by atoms with Crippen LogP contribution in [0, 0.1) is 5.92 Å². The van der Waals surface area contributed by atoms with Crippen molar-refractivity contribution in [3.63, 3.8) is 0 Å². The molecule has 0 bridgehead atoms. The van der Waals surface area contributed by atoms with E-state index in [1.54, 1.807) is 12.3 Å². The highest BCUT2D eigenvalue weighted by Gasteiger charge is 2.24. The molecule has 0 radical (unpaired) electrons. The highest BCUT2D eigenvalue weighted by Crippen LogP contribution is 2.17. The molecule has 112 valence electrons. The largest absolute Gasteiger partial charge is 0.391 e. The minimum absolute atomic E-state index is 0.103. The van der Waals surface area contributed by atoms with Crippen LogP contribution in [0.15, 0.2) is 17.1 Å². The van der Waals surface area contributed by atoms with Gasteiger partial charge in [0.25, 0.3) is 5.56 Å². The van der Waals surface area contributed by atoms with Crippen LogP contribution in [0.5, 0.6) is 0 Å². The number of hydrogen-bond donors (Lipinski definition) is 1. The van der Waals surface area contributed by atoms with E-state index in [2.05, 4.69) is 12.0 Å². The van der Waals surface area contributed by atoms with Crippen molar-refractivity contribution >= 4 is 5.69 Å². The lowest BCUT2D eigenvalue weighted by Gasteiger charge is -2.19. The predicted molar refractivity (Wildman–Crippen MR) is 77.0 cm³/mol. The van der Waals surface area contributed by atoms with Gasteiger partial charge < -0.3 is 14.7 Å². The fourth-order valence-electron chi connectivity index (χ4n) is 2.42. The van der Waals surface area contributed by atoms with Crippen molar-refractivity contribution in [3.8, 4) is 0 Å². The summed E-state index contributed by atoms with van der Waals surface area (Å²) in [6.07, 6.45) is 2.95. The number of nitrogens with zero attached hydrogens (tertiary/aromatic N) is 3. The molecule has 0 aromatic carbocycles. The Bertz CT molecular complexity index is 483. The molecular weight excluding hydrogens is 258 g/mol. The lowest BCUT2D eigenvalue weighted by molar-refractivity contribution is 0.0735. The summed E-state index contributed by atoms with van der Waals surface area (Å²) in [6.45, 7) is 4.45. The molecule has 2 rings (SSSR count). The van der Waals surface area contributed by atoms with Gasteiger partial charge in [0.05, 0.1) is 31.1 Å². The molecule has 1 fully saturated rings. The number of anilines is 1. The number of hydrogen-bond acceptors (Lipinski definition) is 5. The van der Waals surface area contributed by atoms with Crippen molar-refractivity contribution in [3.05, 3.63) is 22.6 Å². The smallest absolute Gasteiger partial charge is 0.268 e. The van der Waals surface area contributed by atoms with Crippen molar-refractivity contribution in [2.24, 2.45) is 5.92 Å². The molecule has 6 nitrogen and oxygen atoms in total. The Kier molecular flexibility index (Phi) is 5.14. The average Bonchev–Trinajstić information content (AvgIpc) is 2.95. The molecule has 1 aliphatic rings. The second-order valence-electron chi connectivity index (χ2n) is 5.35. The Morgan fingerprint density at radius 1 is 1.65 bits per heavy atom. The second kappa shape index (κ2) is 6.85. The molecule has 1 N–H and O–H groups in total. The van der Waals surface area contributed by atoms with Crippen LogP contribution in [-0.4, -0.2) is 47.8 Å². The lowest BCUT2D eigenvalue weighted by Crippen LogP contribution is -2.33. The second-order valence-corrected chi connectivity index (χ2v) is 5.35. The van der Waals surface area contributed by atoms with Crippen molar-refractivity contribution in [2.45, 2.75) is 32.4 Å². The molecule has 2 unspecified atom stereocenters. The van der Waals surface area contributed by atoms with E-state index in [0.717, 1.165) is 25.1 Å². The maximum absolute atomic E-state index is 12.0. The highest BCUT2D eigenvalue weighted by atomic mass is 16.5. The molecular formula is C14H23N3O3. The van der Waals surface area contributed by atoms with Crippen LogP contribution in [0.3, 0.4) is 0 Å². The van der Waals surface area contributed by atoms with Gasteiger partial charge in [-0.1, -0.05) is 6.92 Å². The third kappa shape index (κ3) is 3.58. The van der Waals surface area contributed by atoms with Gasteiger partial charge >= 0.3 is 0 Å². The standard InChI is InChI=1S/C14H23N3O3/c1-3-5-16(2)12-7-14(19)17(15-8-12)9-13(18)11-4-6-20-10-11/h7-8,11,13,18H,3-6,9-10H2,1-2H3. The van der Waals surface area contributed by atoms with E-state index in [1.165, 1.54) is 4.68 Å². The Morgan fingerprint density at radius 2 is 2.45 bits per heavy atom. The Morgan fingerprint density at radius 3 is 3.05 bits per heavy atom. The topological polar surface area (TPSA) is 67.6 Å². The van der Waals surface area contributed by atoms with E-state index in [0.29, 0.717) is 13.2 Å². The molecule has 6 heteroatoms. The Hall–Kier alpha value is -1.40. The Labute approximate surface area is 119 Å². The van der Waals surface area contributed by atoms with Crippen molar-refractivity contribution < 1.29 is 9.84 Å². The molecule has 0 spiro atoms. The molecule has 0 aliphatic carbocycles. The van der Waals surface area contributed by atoms with Gasteiger partial charge in [-0.2, -0.15) is 5.10 Å². The Balaban J connectivity index is 2.03. The summed E-state index contributed by atoms with van der Waals surface area (Å²) in [7, 11) is 1.94. The van der Waals surface area contributed by atoms with Gasteiger partial charge in [0.15, 0.2) is 0 Å². The molecule has 20 heavy (non-hydrogen) atoms. The summed E-state index contributed by atoms with van der Waals surface area (Å²) >= 11 is 0. The number of aromatic nitrogens is 2. The average molecular weight is 281 g/mol. The summed E-state index contributed by atoms with van der Waals surface area (Å²) in [5, 5.41) is 14.3. The summed E-state index contributed by atoms with van der Waals surface area (Å²) < 4.78 is 6.57. The number of aliphatic hydroxyl groups is 1. The quantitative estimate of drug-likeness (QED) is 0.822. The van der Waals surface area contributed by atoms with Crippen LogP contribution in [0.25, 0.3) is 0 Å². The van der Waals surface area contributed by atoms with E-state index < -0.39 is 6.10 Å². The summed E-state index contributed by atoms with van der Waals surface area (Å²) in [4.78, 5) is 14.0. The van der Waals surface area contributed by atoms with Crippen LogP contribution >= 0.6 is 0 Å². The number of rotatable bonds is 6. The van der Waals surface area contributed by atoms with Gasteiger partial charge in [-0.25, -0.2) is 4.68 Å². The van der Waals surface area contributed by atoms with Crippen molar-refractivity contribution in [1.29, 1.82) is 0 Å². The van der Waals surface area contributed by atoms with Crippen molar-refractivity contribution in [1.82, 2.24) is 9.78 Å². The number of aliphatic hydroxyl groups excluding tert-OH is 1. The van der Waals surface area contributed by atoms with Gasteiger partial charge in [0, 0.05) is 32.2 Å². The molecule has 0 saturated carbocycles. The third-order valence-corrected chi connectivity index (χ3v) is 3.72. The SMILES string of the molecule is CCCN(C)c1cnn(CC(O)C2CCOC2)c(=O)c1. The van der Waals surface area contributed by atoms with Gasteiger partial charge in [0.2, 0.25) is 0 Å². The van der Waals surface area contributed by atoms with Crippen LogP contribution in [-0.2, 0) is 11.3 Å². The third-order valence-electron chi connectivity index (χ3n) is 3.72. The molecule has 1 aliphatic heterocycles. The maximum Gasteiger partial charge on any atom is 0.268 e. The van der Waals surface area contributed by atoms with E-state index in [4.69, 9.17) is 4.74 Å². The monoisotopic (exact) mass is 281 g/mol. The molecule has 2 heterocycles. The zero-order valence-electron chi connectivity index (χ0n) is 12.2. The number of ether oxygens (including phenoxy) is 1. The van der Waals surface area contributed by atoms with Crippen LogP contribution in [0.2, 0.25) is 0 Å². The molecule has 1 aromatic rings. The first-order chi connectivity index (χ1) is 9.61. The van der Waals surface area contributed by atoms with Gasteiger partial charge in [-0.15, -0.1) is 0 Å². The first kappa shape index (κ1) is 15.0. The summed E-state index contributed by atoms with van der Waals surface area (Å²) in [6, 6.07) is 1.57. The van der Waals surface area contributed by atoms with Gasteiger partial charge in [-0.05, 0) is 12.8 Å². The fraction of sp³-hybridized carbons (Fsp3) is 0.714. The van der Waals surface area contributed by atoms with E-state index in [1.807, 2.05) is 11.9 Å². The summed E-state index contributed by atoms with van der Waals surface area (Å²) in [5.41, 5.74) is 0.634. The summed E-state index contributed by atoms with van der Waals surface area (Å²) in [5.74, 6) is 0.103. The van der Waals surface area contributed by atoms with Gasteiger partial charge in [-0.3, -0.25) is 4.79 Å². The molecule has 0 amide bonds. The van der Waals surface area contributed by atoms with E-state index in [9.17, 15) is 9.90 Å². The van der Waals surface area contributed by atoms with Crippen LogP contribution in [0.1, 0.15) is 19.8 Å². The van der Waals surface area contributed by atoms with E-state index in [-0.39, 0.29) is 18.0 Å². The van der Waals surface area contributed by atoms with Crippen LogP contribution in [0.4, 0.5) is 5.69 Å². The highest BCUT2D eigenvalue weighted by molar-refractivity contribution is 5.41. The van der Waals surface area contributed by atoms with Crippen LogP contribution < -0.4 is 10.5 Å². The minimum atomic E-state index is -0.582. The molecule has 1 aromatic heterocycles. The zero-order valence-corrected chi connectivity index (χ0v) is 12.2. The lowest BCUT2D eigenvalue weighted by atomic mass is 10.0. The molecule has 1 saturated heterocycles. The predicted octanol–water partition coefficient (Wildman–Crippen LogP) is 0.487. The fourth-order valence-corrected chi connectivity index (χ4v) is 2.42. The normalized spacial score (nSPS) is 20.1. The van der Waals surface area contributed by atoms with E-state index >= 15 is 0 Å². The maximum atomic E-state index is 12.0.